The summed E-state index contributed by atoms with van der Waals surface area (Å²) >= 11 is 0. The van der Waals surface area contributed by atoms with Crippen LogP contribution in [0.1, 0.15) is 77.6 Å². The zero-order valence-corrected chi connectivity index (χ0v) is 17.5. The number of nitrogens with one attached hydrogen (secondary N) is 1. The van der Waals surface area contributed by atoms with Gasteiger partial charge >= 0.3 is 0 Å². The third-order valence-corrected chi connectivity index (χ3v) is 5.15. The van der Waals surface area contributed by atoms with E-state index in [9.17, 15) is 0 Å². The van der Waals surface area contributed by atoms with Gasteiger partial charge in [-0.3, -0.25) is 0 Å². The number of allylic oxidation sites excluding steroid dienone is 6. The van der Waals surface area contributed by atoms with E-state index in [1.54, 1.807) is 0 Å². The fourth-order valence-corrected chi connectivity index (χ4v) is 3.20. The third kappa shape index (κ3) is 5.82. The van der Waals surface area contributed by atoms with Gasteiger partial charge in [-0.2, -0.15) is 0 Å². The predicted octanol–water partition coefficient (Wildman–Crippen LogP) is 7.69. The molecule has 0 bridgehead atoms. The molecule has 1 aromatic carbocycles. The minimum absolute atomic E-state index is 0.483. The van der Waals surface area contributed by atoms with Crippen LogP contribution in [-0.2, 0) is 0 Å². The Balaban J connectivity index is 2.14. The Hall–Kier alpha value is -2.35. The number of imidazole rings is 1. The Bertz CT molecular complexity index is 788. The average molecular weight is 363 g/mol. The first kappa shape index (κ1) is 21.0. The van der Waals surface area contributed by atoms with Crippen LogP contribution in [0, 0.1) is 0 Å². The van der Waals surface area contributed by atoms with E-state index in [-0.39, 0.29) is 0 Å². The van der Waals surface area contributed by atoms with Crippen molar-refractivity contribution in [3.63, 3.8) is 0 Å². The quantitative estimate of drug-likeness (QED) is 0.455. The van der Waals surface area contributed by atoms with Gasteiger partial charge in [0.2, 0.25) is 0 Å². The molecular formula is C25H34N2. The number of hydrogen-bond acceptors (Lipinski definition) is 1. The van der Waals surface area contributed by atoms with Gasteiger partial charge in [0.15, 0.2) is 0 Å². The second-order valence-electron chi connectivity index (χ2n) is 7.10. The van der Waals surface area contributed by atoms with Crippen LogP contribution in [0.3, 0.4) is 0 Å². The van der Waals surface area contributed by atoms with Crippen LogP contribution in [0.2, 0.25) is 0 Å². The lowest BCUT2D eigenvalue weighted by atomic mass is 10.0. The molecule has 0 aliphatic carbocycles. The molecule has 0 saturated heterocycles. The van der Waals surface area contributed by atoms with Gasteiger partial charge in [-0.25, -0.2) is 4.98 Å². The number of unbranched alkanes of at least 4 members (excludes halogenated alkanes) is 1. The summed E-state index contributed by atoms with van der Waals surface area (Å²) in [5, 5.41) is 0. The number of rotatable bonds is 9. The fourth-order valence-electron chi connectivity index (χ4n) is 3.20. The first-order valence-electron chi connectivity index (χ1n) is 10.3. The molecule has 1 aromatic heterocycles. The van der Waals surface area contributed by atoms with Crippen molar-refractivity contribution in [1.82, 2.24) is 9.97 Å². The molecular weight excluding hydrogens is 328 g/mol. The SMILES string of the molecule is C\C=C(/C=C\C(=C/C)c1ccc(-c2cnc(C(C)CCCC)[nH]2)cc1)CC. The topological polar surface area (TPSA) is 28.7 Å². The van der Waals surface area contributed by atoms with Crippen molar-refractivity contribution in [2.45, 2.75) is 66.2 Å². The largest absolute Gasteiger partial charge is 0.342 e. The second-order valence-corrected chi connectivity index (χ2v) is 7.10. The molecule has 0 aliphatic rings. The zero-order valence-electron chi connectivity index (χ0n) is 17.5. The Labute approximate surface area is 165 Å². The summed E-state index contributed by atoms with van der Waals surface area (Å²) < 4.78 is 0. The van der Waals surface area contributed by atoms with Crippen LogP contribution in [0.25, 0.3) is 16.8 Å². The lowest BCUT2D eigenvalue weighted by molar-refractivity contribution is 0.601. The van der Waals surface area contributed by atoms with Crippen LogP contribution in [0.4, 0.5) is 0 Å². The van der Waals surface area contributed by atoms with E-state index < -0.39 is 0 Å². The summed E-state index contributed by atoms with van der Waals surface area (Å²) in [7, 11) is 0. The number of aromatic nitrogens is 2. The van der Waals surface area contributed by atoms with E-state index in [0.29, 0.717) is 5.92 Å². The molecule has 2 aromatic rings. The molecule has 27 heavy (non-hydrogen) atoms. The maximum atomic E-state index is 4.60. The van der Waals surface area contributed by atoms with Gasteiger partial charge in [0.1, 0.15) is 5.82 Å². The highest BCUT2D eigenvalue weighted by molar-refractivity contribution is 5.75. The summed E-state index contributed by atoms with van der Waals surface area (Å²) in [4.78, 5) is 8.11. The number of hydrogen-bond donors (Lipinski definition) is 1. The molecule has 2 heteroatoms. The number of H-pyrrole nitrogens is 1. The normalized spacial score (nSPS) is 14.1. The highest BCUT2D eigenvalue weighted by Crippen LogP contribution is 2.25. The van der Waals surface area contributed by atoms with Crippen molar-refractivity contribution in [3.05, 3.63) is 71.7 Å². The van der Waals surface area contributed by atoms with Gasteiger partial charge in [0, 0.05) is 5.92 Å². The van der Waals surface area contributed by atoms with Gasteiger partial charge in [-0.15, -0.1) is 0 Å². The Morgan fingerprint density at radius 1 is 1.07 bits per heavy atom. The van der Waals surface area contributed by atoms with Gasteiger partial charge < -0.3 is 4.98 Å². The molecule has 0 aliphatic heterocycles. The molecule has 0 fully saturated rings. The van der Waals surface area contributed by atoms with Gasteiger partial charge in [0.25, 0.3) is 0 Å². The first-order chi connectivity index (χ1) is 13.1. The van der Waals surface area contributed by atoms with E-state index in [1.807, 2.05) is 6.20 Å². The summed E-state index contributed by atoms with van der Waals surface area (Å²) in [5.74, 6) is 1.58. The van der Waals surface area contributed by atoms with E-state index >= 15 is 0 Å². The Morgan fingerprint density at radius 3 is 2.41 bits per heavy atom. The molecule has 1 heterocycles. The van der Waals surface area contributed by atoms with E-state index in [0.717, 1.165) is 17.9 Å². The molecule has 2 nitrogen and oxygen atoms in total. The highest BCUT2D eigenvalue weighted by Gasteiger charge is 2.10. The maximum Gasteiger partial charge on any atom is 0.109 e. The molecule has 1 atom stereocenters. The van der Waals surface area contributed by atoms with Crippen molar-refractivity contribution in [2.24, 2.45) is 0 Å². The van der Waals surface area contributed by atoms with Crippen molar-refractivity contribution < 1.29 is 0 Å². The molecule has 1 N–H and O–H groups in total. The van der Waals surface area contributed by atoms with Crippen molar-refractivity contribution in [2.75, 3.05) is 0 Å². The zero-order chi connectivity index (χ0) is 19.6. The van der Waals surface area contributed by atoms with E-state index in [4.69, 9.17) is 0 Å². The third-order valence-electron chi connectivity index (χ3n) is 5.15. The van der Waals surface area contributed by atoms with Crippen molar-refractivity contribution in [1.29, 1.82) is 0 Å². The number of nitrogens with zero attached hydrogens (tertiary/aromatic N) is 1. The Morgan fingerprint density at radius 2 is 1.81 bits per heavy atom. The fraction of sp³-hybridized carbons (Fsp3) is 0.400. The van der Waals surface area contributed by atoms with Crippen LogP contribution in [-0.4, -0.2) is 9.97 Å². The summed E-state index contributed by atoms with van der Waals surface area (Å²) in [5.41, 5.74) is 6.11. The second kappa shape index (κ2) is 10.7. The number of benzene rings is 1. The van der Waals surface area contributed by atoms with Crippen LogP contribution in [0.15, 0.2) is 60.3 Å². The molecule has 2 rings (SSSR count). The number of aromatic amines is 1. The summed E-state index contributed by atoms with van der Waals surface area (Å²) in [6.45, 7) is 10.9. The minimum atomic E-state index is 0.483. The highest BCUT2D eigenvalue weighted by atomic mass is 14.9. The standard InChI is InChI=1S/C25H34N2/c1-6-10-11-19(5)25-26-18-24(27-25)23-16-14-22(15-17-23)21(9-4)13-12-20(7-2)8-3/h7,9,12-19H,6,8,10-11H2,1-5H3,(H,26,27)/b13-12-,20-7-,21-9+. The lowest BCUT2D eigenvalue weighted by Gasteiger charge is -2.07. The molecule has 0 amide bonds. The van der Waals surface area contributed by atoms with Gasteiger partial charge in [-0.05, 0) is 43.4 Å². The predicted molar refractivity (Wildman–Crippen MR) is 119 cm³/mol. The molecule has 0 spiro atoms. The molecule has 1 unspecified atom stereocenters. The monoisotopic (exact) mass is 362 g/mol. The summed E-state index contributed by atoms with van der Waals surface area (Å²) in [6.07, 6.45) is 15.4. The van der Waals surface area contributed by atoms with Gasteiger partial charge in [0.05, 0.1) is 11.9 Å². The van der Waals surface area contributed by atoms with Crippen LogP contribution in [0.5, 0.6) is 0 Å². The maximum absolute atomic E-state index is 4.60. The minimum Gasteiger partial charge on any atom is -0.342 e. The molecule has 0 radical (unpaired) electrons. The van der Waals surface area contributed by atoms with Crippen molar-refractivity contribution >= 4 is 5.57 Å². The lowest BCUT2D eigenvalue weighted by Crippen LogP contribution is -1.96. The average Bonchev–Trinajstić information content (AvgIpc) is 3.20. The molecule has 144 valence electrons. The Kier molecular flexibility index (Phi) is 8.32. The first-order valence-corrected chi connectivity index (χ1v) is 10.3. The van der Waals surface area contributed by atoms with Gasteiger partial charge in [-0.1, -0.05) is 87.8 Å². The van der Waals surface area contributed by atoms with Crippen LogP contribution < -0.4 is 0 Å². The summed E-state index contributed by atoms with van der Waals surface area (Å²) in [6, 6.07) is 8.74. The smallest absolute Gasteiger partial charge is 0.109 e. The van der Waals surface area contributed by atoms with Crippen LogP contribution >= 0.6 is 0 Å². The van der Waals surface area contributed by atoms with E-state index in [2.05, 4.69) is 93.2 Å². The van der Waals surface area contributed by atoms with E-state index in [1.165, 1.54) is 41.5 Å². The van der Waals surface area contributed by atoms with Crippen molar-refractivity contribution in [3.8, 4) is 11.3 Å². The molecule has 0 saturated carbocycles.